The van der Waals surface area contributed by atoms with Crippen LogP contribution in [0.2, 0.25) is 0 Å². The molecule has 0 aromatic heterocycles. The minimum absolute atomic E-state index is 0.545. The topological polar surface area (TPSA) is 15.7 Å². The van der Waals surface area contributed by atoms with E-state index in [-0.39, 0.29) is 0 Å². The van der Waals surface area contributed by atoms with E-state index >= 15 is 0 Å². The van der Waals surface area contributed by atoms with Gasteiger partial charge in [-0.05, 0) is 42.2 Å². The highest BCUT2D eigenvalue weighted by molar-refractivity contribution is 5.58. The van der Waals surface area contributed by atoms with Gasteiger partial charge in [-0.2, -0.15) is 0 Å². The minimum Gasteiger partial charge on any atom is -0.495 e. The number of ether oxygens (including phenoxy) is 1. The fraction of sp³-hybridized carbons (Fsp3) is 0.619. The molecule has 0 unspecified atom stereocenters. The number of para-hydroxylation sites is 2. The standard InChI is InChI=1S/C21H30N2O/c1-21(2)17-9-8-16(18(21)14-17)15-22-10-12-23(13-11-22)19-6-4-5-7-20(19)24-3/h4-8,17-18H,9-15H2,1-3H3/t17-,18+/m0/s1. The molecule has 5 rings (SSSR count). The third kappa shape index (κ3) is 2.63. The fourth-order valence-electron chi connectivity index (χ4n) is 4.95. The lowest BCUT2D eigenvalue weighted by atomic mass is 9.49. The third-order valence-electron chi connectivity index (χ3n) is 6.79. The second-order valence-corrected chi connectivity index (χ2v) is 8.26. The van der Waals surface area contributed by atoms with Crippen LogP contribution in [0.5, 0.6) is 5.75 Å². The molecule has 130 valence electrons. The third-order valence-corrected chi connectivity index (χ3v) is 6.79. The van der Waals surface area contributed by atoms with Crippen molar-refractivity contribution in [1.82, 2.24) is 4.90 Å². The predicted octanol–water partition coefficient (Wildman–Crippen LogP) is 3.81. The van der Waals surface area contributed by atoms with Crippen LogP contribution < -0.4 is 9.64 Å². The Labute approximate surface area is 146 Å². The molecule has 1 saturated carbocycles. The lowest BCUT2D eigenvalue weighted by Gasteiger charge is -2.57. The van der Waals surface area contributed by atoms with Gasteiger partial charge in [-0.15, -0.1) is 0 Å². The Morgan fingerprint density at radius 2 is 1.88 bits per heavy atom. The van der Waals surface area contributed by atoms with Gasteiger partial charge >= 0.3 is 0 Å². The van der Waals surface area contributed by atoms with Crippen LogP contribution in [-0.2, 0) is 0 Å². The Kier molecular flexibility index (Phi) is 4.07. The summed E-state index contributed by atoms with van der Waals surface area (Å²) in [7, 11) is 1.76. The maximum absolute atomic E-state index is 5.52. The number of allylic oxidation sites excluding steroid dienone is 1. The summed E-state index contributed by atoms with van der Waals surface area (Å²) in [6.45, 7) is 10.6. The van der Waals surface area contributed by atoms with Gasteiger partial charge in [-0.1, -0.05) is 37.6 Å². The molecule has 1 saturated heterocycles. The number of hydrogen-bond donors (Lipinski definition) is 0. The highest BCUT2D eigenvalue weighted by Crippen LogP contribution is 2.59. The Bertz CT molecular complexity index is 628. The quantitative estimate of drug-likeness (QED) is 0.783. The lowest BCUT2D eigenvalue weighted by Crippen LogP contribution is -2.52. The van der Waals surface area contributed by atoms with Crippen LogP contribution in [0.1, 0.15) is 26.7 Å². The van der Waals surface area contributed by atoms with Crippen molar-refractivity contribution in [3.05, 3.63) is 35.9 Å². The van der Waals surface area contributed by atoms with Crippen LogP contribution in [0.25, 0.3) is 0 Å². The average Bonchev–Trinajstić information content (AvgIpc) is 2.62. The van der Waals surface area contributed by atoms with E-state index in [0.29, 0.717) is 5.41 Å². The molecule has 3 aliphatic carbocycles. The van der Waals surface area contributed by atoms with Crippen LogP contribution >= 0.6 is 0 Å². The number of methoxy groups -OCH3 is 1. The van der Waals surface area contributed by atoms with Crippen molar-refractivity contribution in [1.29, 1.82) is 0 Å². The summed E-state index contributed by atoms with van der Waals surface area (Å²) in [6, 6.07) is 8.38. The molecule has 0 amide bonds. The normalized spacial score (nSPS) is 29.0. The molecule has 0 radical (unpaired) electrons. The summed E-state index contributed by atoms with van der Waals surface area (Å²) in [4.78, 5) is 5.11. The minimum atomic E-state index is 0.545. The van der Waals surface area contributed by atoms with Crippen molar-refractivity contribution in [2.75, 3.05) is 44.7 Å². The zero-order valence-electron chi connectivity index (χ0n) is 15.3. The summed E-state index contributed by atoms with van der Waals surface area (Å²) in [5.41, 5.74) is 3.50. The predicted molar refractivity (Wildman–Crippen MR) is 99.7 cm³/mol. The number of anilines is 1. The molecule has 0 spiro atoms. The number of fused-ring (bicyclic) bond motifs is 1. The van der Waals surface area contributed by atoms with E-state index < -0.39 is 0 Å². The van der Waals surface area contributed by atoms with Crippen molar-refractivity contribution in [3.63, 3.8) is 0 Å². The molecular formula is C21H30N2O. The van der Waals surface area contributed by atoms with Crippen LogP contribution in [-0.4, -0.2) is 44.7 Å². The van der Waals surface area contributed by atoms with E-state index in [4.69, 9.17) is 4.74 Å². The molecule has 2 fully saturated rings. The molecule has 3 nitrogen and oxygen atoms in total. The highest BCUT2D eigenvalue weighted by Gasteiger charge is 2.51. The van der Waals surface area contributed by atoms with E-state index in [1.165, 1.54) is 25.1 Å². The number of hydrogen-bond acceptors (Lipinski definition) is 3. The highest BCUT2D eigenvalue weighted by atomic mass is 16.5. The molecule has 1 aliphatic heterocycles. The van der Waals surface area contributed by atoms with E-state index in [1.54, 1.807) is 12.7 Å². The van der Waals surface area contributed by atoms with Gasteiger partial charge in [0.05, 0.1) is 12.8 Å². The van der Waals surface area contributed by atoms with Gasteiger partial charge in [-0.25, -0.2) is 0 Å². The van der Waals surface area contributed by atoms with E-state index in [2.05, 4.69) is 47.9 Å². The lowest BCUT2D eigenvalue weighted by molar-refractivity contribution is -0.0107. The summed E-state index contributed by atoms with van der Waals surface area (Å²) in [5, 5.41) is 0. The van der Waals surface area contributed by atoms with E-state index in [9.17, 15) is 0 Å². The molecule has 1 heterocycles. The van der Waals surface area contributed by atoms with Gasteiger partial charge in [0, 0.05) is 32.7 Å². The monoisotopic (exact) mass is 326 g/mol. The SMILES string of the molecule is COc1ccccc1N1CCN(CC2=CC[C@H]3C[C@H]2C3(C)C)CC1. The molecule has 3 heteroatoms. The Morgan fingerprint density at radius 3 is 2.54 bits per heavy atom. The van der Waals surface area contributed by atoms with Gasteiger partial charge < -0.3 is 9.64 Å². The first-order valence-electron chi connectivity index (χ1n) is 9.39. The Balaban J connectivity index is 1.36. The molecule has 1 aromatic carbocycles. The summed E-state index contributed by atoms with van der Waals surface area (Å²) < 4.78 is 5.52. The van der Waals surface area contributed by atoms with Crippen molar-refractivity contribution in [2.24, 2.45) is 17.3 Å². The molecule has 2 bridgehead atoms. The maximum atomic E-state index is 5.52. The zero-order chi connectivity index (χ0) is 16.7. The van der Waals surface area contributed by atoms with Crippen molar-refractivity contribution >= 4 is 5.69 Å². The Hall–Kier alpha value is -1.48. The molecule has 4 aliphatic rings. The van der Waals surface area contributed by atoms with Gasteiger partial charge in [0.2, 0.25) is 0 Å². The summed E-state index contributed by atoms with van der Waals surface area (Å²) >= 11 is 0. The summed E-state index contributed by atoms with van der Waals surface area (Å²) in [5.74, 6) is 2.76. The van der Waals surface area contributed by atoms with Gasteiger partial charge in [0.25, 0.3) is 0 Å². The van der Waals surface area contributed by atoms with E-state index in [0.717, 1.165) is 43.8 Å². The largest absolute Gasteiger partial charge is 0.495 e. The van der Waals surface area contributed by atoms with Gasteiger partial charge in [0.15, 0.2) is 0 Å². The van der Waals surface area contributed by atoms with Crippen molar-refractivity contribution < 1.29 is 4.74 Å². The van der Waals surface area contributed by atoms with Gasteiger partial charge in [0.1, 0.15) is 5.75 Å². The first-order chi connectivity index (χ1) is 11.6. The smallest absolute Gasteiger partial charge is 0.142 e. The second kappa shape index (κ2) is 6.11. The van der Waals surface area contributed by atoms with Crippen LogP contribution in [0.4, 0.5) is 5.69 Å². The molecule has 24 heavy (non-hydrogen) atoms. The first-order valence-corrected chi connectivity index (χ1v) is 9.39. The first kappa shape index (κ1) is 16.0. The van der Waals surface area contributed by atoms with Crippen molar-refractivity contribution in [3.8, 4) is 5.75 Å². The number of piperazine rings is 1. The average molecular weight is 326 g/mol. The van der Waals surface area contributed by atoms with Crippen LogP contribution in [0.15, 0.2) is 35.9 Å². The van der Waals surface area contributed by atoms with Gasteiger partial charge in [-0.3, -0.25) is 4.90 Å². The fourth-order valence-corrected chi connectivity index (χ4v) is 4.95. The van der Waals surface area contributed by atoms with Crippen LogP contribution in [0, 0.1) is 17.3 Å². The number of benzene rings is 1. The second-order valence-electron chi connectivity index (χ2n) is 8.26. The molecule has 0 N–H and O–H groups in total. The molecular weight excluding hydrogens is 296 g/mol. The molecule has 2 atom stereocenters. The molecule has 1 aromatic rings. The number of rotatable bonds is 4. The maximum Gasteiger partial charge on any atom is 0.142 e. The van der Waals surface area contributed by atoms with E-state index in [1.807, 2.05) is 6.07 Å². The zero-order valence-corrected chi connectivity index (χ0v) is 15.3. The number of nitrogens with zero attached hydrogens (tertiary/aromatic N) is 2. The Morgan fingerprint density at radius 1 is 1.12 bits per heavy atom. The summed E-state index contributed by atoms with van der Waals surface area (Å²) in [6.07, 6.45) is 5.29. The van der Waals surface area contributed by atoms with Crippen LogP contribution in [0.3, 0.4) is 0 Å². The van der Waals surface area contributed by atoms with Crippen molar-refractivity contribution in [2.45, 2.75) is 26.7 Å².